The maximum atomic E-state index is 10.3. The summed E-state index contributed by atoms with van der Waals surface area (Å²) >= 11 is 8.14. The Morgan fingerprint density at radius 2 is 1.46 bits per heavy atom. The zero-order chi connectivity index (χ0) is 10.1. The molecule has 0 atom stereocenters. The second kappa shape index (κ2) is 11.9. The molecule has 0 saturated carbocycles. The van der Waals surface area contributed by atoms with E-state index in [1.807, 2.05) is 13.8 Å². The van der Waals surface area contributed by atoms with Crippen molar-refractivity contribution in [2.24, 2.45) is 5.73 Å². The quantitative estimate of drug-likeness (QED) is 0.486. The Morgan fingerprint density at radius 1 is 1.23 bits per heavy atom. The Labute approximate surface area is 99.6 Å². The maximum absolute atomic E-state index is 10.3. The van der Waals surface area contributed by atoms with Crippen LogP contribution in [0, 0.1) is 0 Å². The van der Waals surface area contributed by atoms with Crippen LogP contribution >= 0.6 is 24.4 Å². The van der Waals surface area contributed by atoms with E-state index >= 15 is 0 Å². The first-order valence-electron chi connectivity index (χ1n) is 3.38. The van der Waals surface area contributed by atoms with Gasteiger partial charge in [-0.25, -0.2) is 0 Å². The van der Waals surface area contributed by atoms with Gasteiger partial charge in [0.15, 0.2) is 0 Å². The molecule has 0 aliphatic heterocycles. The van der Waals surface area contributed by atoms with E-state index in [0.717, 1.165) is 13.1 Å². The third kappa shape index (κ3) is 18.7. The van der Waals surface area contributed by atoms with E-state index in [9.17, 15) is 5.11 Å². The van der Waals surface area contributed by atoms with Gasteiger partial charge in [-0.15, -0.1) is 0 Å². The van der Waals surface area contributed by atoms with E-state index in [1.165, 1.54) is 0 Å². The Morgan fingerprint density at radius 3 is 1.46 bits per heavy atom. The van der Waals surface area contributed by atoms with Crippen LogP contribution in [0.3, 0.4) is 0 Å². The van der Waals surface area contributed by atoms with Crippen molar-refractivity contribution in [1.29, 1.82) is 0 Å². The van der Waals surface area contributed by atoms with Gasteiger partial charge in [0.2, 0.25) is 0 Å². The van der Waals surface area contributed by atoms with Gasteiger partial charge in [-0.2, -0.15) is 0 Å². The Kier molecular flexibility index (Phi) is 17.1. The fourth-order valence-electron chi connectivity index (χ4n) is 0.482. The van der Waals surface area contributed by atoms with Crippen molar-refractivity contribution in [2.75, 3.05) is 13.1 Å². The maximum Gasteiger partial charge on any atom is 2.00 e. The van der Waals surface area contributed by atoms with Crippen molar-refractivity contribution in [3.63, 3.8) is 0 Å². The number of hydrogen-bond donors (Lipinski definition) is 1. The summed E-state index contributed by atoms with van der Waals surface area (Å²) in [5.41, 5.74) is 4.29. The van der Waals surface area contributed by atoms with Crippen LogP contribution in [0.5, 0.6) is 0 Å². The van der Waals surface area contributed by atoms with Gasteiger partial charge >= 0.3 is 17.1 Å². The summed E-state index contributed by atoms with van der Waals surface area (Å²) in [5.74, 6) is 0. The van der Waals surface area contributed by atoms with Crippen LogP contribution in [0.25, 0.3) is 0 Å². The molecule has 0 heterocycles. The van der Waals surface area contributed by atoms with Crippen molar-refractivity contribution >= 4 is 34.8 Å². The number of thiocarbonyl (C=S) groups is 2. The third-order valence-electron chi connectivity index (χ3n) is 1.02. The standard InChI is InChI=1S/C5H11NOS.CH3NOS.Fe/c1-3-6(4-2)5(7)8;2-1(3)4;/h3-4H2,1-2H3,(H,7,8);(H3,2,3,4);/q;;+2/p-2. The van der Waals surface area contributed by atoms with E-state index in [-0.39, 0.29) is 22.2 Å². The second-order valence-corrected chi connectivity index (χ2v) is 2.51. The summed E-state index contributed by atoms with van der Waals surface area (Å²) in [6.07, 6.45) is 0. The molecule has 0 spiro atoms. The molecule has 0 bridgehead atoms. The van der Waals surface area contributed by atoms with E-state index in [2.05, 4.69) is 30.2 Å². The Balaban J connectivity index is -0.000000173. The molecule has 0 aromatic carbocycles. The molecule has 0 rings (SSSR count). The Hall–Kier alpha value is -0.101. The SMILES string of the molecule is CCN(CC)C([O-])=S.NC([O-])=S.[Fe+2]. The van der Waals surface area contributed by atoms with E-state index in [1.54, 1.807) is 4.90 Å². The van der Waals surface area contributed by atoms with Gasteiger partial charge in [-0.05, 0) is 13.8 Å². The molecule has 0 fully saturated rings. The van der Waals surface area contributed by atoms with E-state index < -0.39 is 5.17 Å². The van der Waals surface area contributed by atoms with Gasteiger partial charge in [0.1, 0.15) is 0 Å². The summed E-state index contributed by atoms with van der Waals surface area (Å²) in [6.45, 7) is 5.26. The first-order chi connectivity index (χ1) is 5.45. The summed E-state index contributed by atoms with van der Waals surface area (Å²) < 4.78 is 0. The Bertz CT molecular complexity index is 150. The molecule has 13 heavy (non-hydrogen) atoms. The number of nitrogens with two attached hydrogens (primary N) is 1. The van der Waals surface area contributed by atoms with Crippen LogP contribution in [-0.2, 0) is 17.1 Å². The largest absolute Gasteiger partial charge is 2.00 e. The normalized spacial score (nSPS) is 7.23. The number of rotatable bonds is 2. The first-order valence-corrected chi connectivity index (χ1v) is 4.19. The molecule has 4 nitrogen and oxygen atoms in total. The molecule has 0 amide bonds. The molecule has 0 saturated heterocycles. The molecule has 78 valence electrons. The van der Waals surface area contributed by atoms with E-state index in [0.29, 0.717) is 0 Å². The van der Waals surface area contributed by atoms with Crippen LogP contribution in [0.2, 0.25) is 0 Å². The molecule has 0 aliphatic carbocycles. The summed E-state index contributed by atoms with van der Waals surface area (Å²) in [7, 11) is 0. The van der Waals surface area contributed by atoms with Gasteiger partial charge < -0.3 is 20.8 Å². The minimum absolute atomic E-state index is 0. The predicted molar refractivity (Wildman–Crippen MR) is 52.3 cm³/mol. The van der Waals surface area contributed by atoms with Crippen LogP contribution in [0.4, 0.5) is 0 Å². The smallest absolute Gasteiger partial charge is 0.852 e. The summed E-state index contributed by atoms with van der Waals surface area (Å²) in [5, 5.41) is 18.4. The minimum Gasteiger partial charge on any atom is -0.852 e. The fourth-order valence-corrected chi connectivity index (χ4v) is 0.740. The van der Waals surface area contributed by atoms with Crippen LogP contribution in [0.15, 0.2) is 0 Å². The van der Waals surface area contributed by atoms with Crippen LogP contribution in [-0.4, -0.2) is 28.3 Å². The summed E-state index contributed by atoms with van der Waals surface area (Å²) in [6, 6.07) is 0. The van der Waals surface area contributed by atoms with Gasteiger partial charge in [-0.3, -0.25) is 0 Å². The molecule has 0 unspecified atom stereocenters. The van der Waals surface area contributed by atoms with Crippen molar-refractivity contribution in [3.8, 4) is 0 Å². The fraction of sp³-hybridized carbons (Fsp3) is 0.667. The minimum atomic E-state index is -0.750. The van der Waals surface area contributed by atoms with Crippen molar-refractivity contribution in [2.45, 2.75) is 13.8 Å². The zero-order valence-corrected chi connectivity index (χ0v) is 10.2. The van der Waals surface area contributed by atoms with E-state index in [4.69, 9.17) is 5.11 Å². The monoisotopic (exact) mass is 264 g/mol. The third-order valence-corrected chi connectivity index (χ3v) is 1.28. The predicted octanol–water partition coefficient (Wildman–Crippen LogP) is -1.44. The van der Waals surface area contributed by atoms with Crippen LogP contribution in [0.1, 0.15) is 13.8 Å². The van der Waals surface area contributed by atoms with Gasteiger partial charge in [0, 0.05) is 23.4 Å². The van der Waals surface area contributed by atoms with Crippen molar-refractivity contribution < 1.29 is 27.3 Å². The van der Waals surface area contributed by atoms with Crippen LogP contribution < -0.4 is 15.9 Å². The molecular weight excluding hydrogens is 252 g/mol. The van der Waals surface area contributed by atoms with Crippen molar-refractivity contribution in [3.05, 3.63) is 0 Å². The number of nitrogens with zero attached hydrogens (tertiary/aromatic N) is 1. The second-order valence-electron chi connectivity index (χ2n) is 1.76. The number of hydrogen-bond acceptors (Lipinski definition) is 4. The molecule has 0 radical (unpaired) electrons. The molecule has 0 aromatic rings. The topological polar surface area (TPSA) is 75.4 Å². The molecular formula is C6H12FeN2O2S2. The molecule has 7 heteroatoms. The molecule has 0 aromatic heterocycles. The molecule has 0 aliphatic rings. The molecule has 2 N–H and O–H groups in total. The average Bonchev–Trinajstić information content (AvgIpc) is 1.87. The van der Waals surface area contributed by atoms with Gasteiger partial charge in [0.05, 0.1) is 0 Å². The summed E-state index contributed by atoms with van der Waals surface area (Å²) in [4.78, 5) is 1.59. The first kappa shape index (κ1) is 18.6. The van der Waals surface area contributed by atoms with Crippen molar-refractivity contribution in [1.82, 2.24) is 4.90 Å². The zero-order valence-electron chi connectivity index (χ0n) is 7.43. The van der Waals surface area contributed by atoms with Gasteiger partial charge in [0.25, 0.3) is 0 Å². The van der Waals surface area contributed by atoms with Gasteiger partial charge in [-0.1, -0.05) is 24.4 Å². The average molecular weight is 264 g/mol.